The molecule has 2 atom stereocenters. The number of carbonyl (C=O) groups is 4. The Morgan fingerprint density at radius 1 is 1.30 bits per heavy atom. The van der Waals surface area contributed by atoms with Crippen molar-refractivity contribution in [1.82, 2.24) is 20.2 Å². The molecule has 2 amide bonds. The maximum Gasteiger partial charge on any atom is 0.358 e. The minimum absolute atomic E-state index is 0.0468. The molecule has 2 aliphatic rings. The summed E-state index contributed by atoms with van der Waals surface area (Å²) in [5.74, 6) is -2.64. The van der Waals surface area contributed by atoms with Gasteiger partial charge >= 0.3 is 11.9 Å². The maximum atomic E-state index is 13.2. The number of thiazole rings is 2. The van der Waals surface area contributed by atoms with Crippen LogP contribution in [0.1, 0.15) is 31.3 Å². The zero-order chi connectivity index (χ0) is 29.2. The van der Waals surface area contributed by atoms with E-state index in [-0.39, 0.29) is 27.4 Å². The summed E-state index contributed by atoms with van der Waals surface area (Å²) in [4.78, 5) is 61.0. The number of allylic oxidation sites excluding steroid dienone is 1. The van der Waals surface area contributed by atoms with Crippen molar-refractivity contribution in [3.8, 4) is 0 Å². The van der Waals surface area contributed by atoms with Crippen molar-refractivity contribution in [3.63, 3.8) is 0 Å². The molecule has 2 aliphatic heterocycles. The van der Waals surface area contributed by atoms with Gasteiger partial charge < -0.3 is 25.7 Å². The van der Waals surface area contributed by atoms with Gasteiger partial charge in [0.25, 0.3) is 11.8 Å². The molecule has 0 aromatic carbocycles. The van der Waals surface area contributed by atoms with Crippen LogP contribution < -0.4 is 11.1 Å². The minimum Gasteiger partial charge on any atom is -0.427 e. The molecule has 1 unspecified atom stereocenters. The number of thioether (sulfide) groups is 1. The molecule has 1 fully saturated rings. The van der Waals surface area contributed by atoms with Crippen molar-refractivity contribution >= 4 is 86.7 Å². The standard InChI is InChI=1S/C23H23ClN6O7S3/c1-23(2,3)21(34)37-9-36-20(33)15-10(4-5-12-16(24)26-8-40-12)6-38-19-14(18(32)30(15)19)28-17(31)13(29-35)11-7-39-22(25)27-11/h4-5,7-8,14,19,35H,6,9H2,1-3H3,(H2,25,27)(H,28,31)/t14?,19-/m0/s1. The van der Waals surface area contributed by atoms with Gasteiger partial charge in [0.15, 0.2) is 10.8 Å². The van der Waals surface area contributed by atoms with Crippen molar-refractivity contribution in [1.29, 1.82) is 0 Å². The predicted molar refractivity (Wildman–Crippen MR) is 150 cm³/mol. The number of fused-ring (bicyclic) bond motifs is 1. The van der Waals surface area contributed by atoms with E-state index in [0.29, 0.717) is 10.5 Å². The first-order valence-electron chi connectivity index (χ1n) is 11.5. The Bertz CT molecular complexity index is 1440. The molecule has 4 heterocycles. The Morgan fingerprint density at radius 2 is 2.05 bits per heavy atom. The maximum absolute atomic E-state index is 13.2. The van der Waals surface area contributed by atoms with Crippen LogP contribution in [0.15, 0.2) is 33.4 Å². The van der Waals surface area contributed by atoms with E-state index in [1.807, 2.05) is 0 Å². The number of nitrogens with two attached hydrogens (primary N) is 1. The van der Waals surface area contributed by atoms with Crippen molar-refractivity contribution in [2.75, 3.05) is 18.3 Å². The highest BCUT2D eigenvalue weighted by atomic mass is 35.5. The van der Waals surface area contributed by atoms with Crippen LogP contribution in [0.5, 0.6) is 0 Å². The number of hydrogen-bond donors (Lipinski definition) is 3. The number of esters is 2. The molecule has 1 saturated heterocycles. The number of nitrogens with one attached hydrogen (secondary N) is 1. The lowest BCUT2D eigenvalue weighted by molar-refractivity contribution is -0.173. The molecule has 17 heteroatoms. The monoisotopic (exact) mass is 626 g/mol. The average Bonchev–Trinajstić information content (AvgIpc) is 3.52. The van der Waals surface area contributed by atoms with Crippen LogP contribution in [0.25, 0.3) is 6.08 Å². The molecule has 0 bridgehead atoms. The summed E-state index contributed by atoms with van der Waals surface area (Å²) in [6, 6.07) is -1.03. The van der Waals surface area contributed by atoms with Crippen molar-refractivity contribution in [2.24, 2.45) is 10.6 Å². The minimum atomic E-state index is -1.03. The van der Waals surface area contributed by atoms with Crippen molar-refractivity contribution in [2.45, 2.75) is 32.2 Å². The Balaban J connectivity index is 1.54. The first kappa shape index (κ1) is 29.5. The number of aromatic nitrogens is 2. The molecule has 40 heavy (non-hydrogen) atoms. The van der Waals surface area contributed by atoms with Gasteiger partial charge in [-0.15, -0.1) is 34.4 Å². The number of ether oxygens (including phenoxy) is 2. The molecule has 0 radical (unpaired) electrons. The van der Waals surface area contributed by atoms with Crippen LogP contribution in [-0.4, -0.2) is 73.5 Å². The lowest BCUT2D eigenvalue weighted by atomic mass is 9.98. The predicted octanol–water partition coefficient (Wildman–Crippen LogP) is 2.47. The van der Waals surface area contributed by atoms with E-state index in [0.717, 1.165) is 11.3 Å². The Morgan fingerprint density at radius 3 is 2.65 bits per heavy atom. The van der Waals surface area contributed by atoms with Gasteiger partial charge in [-0.2, -0.15) is 0 Å². The Kier molecular flexibility index (Phi) is 8.82. The second kappa shape index (κ2) is 12.0. The fourth-order valence-corrected chi connectivity index (χ4v) is 6.26. The lowest BCUT2D eigenvalue weighted by Crippen LogP contribution is -2.71. The zero-order valence-corrected chi connectivity index (χ0v) is 24.4. The van der Waals surface area contributed by atoms with Gasteiger partial charge in [0.2, 0.25) is 6.79 Å². The van der Waals surface area contributed by atoms with E-state index in [2.05, 4.69) is 20.4 Å². The number of oxime groups is 1. The van der Waals surface area contributed by atoms with Gasteiger partial charge in [0.1, 0.15) is 28.0 Å². The number of amides is 2. The number of halogens is 1. The Labute approximate surface area is 245 Å². The molecular formula is C23H23ClN6O7S3. The van der Waals surface area contributed by atoms with E-state index >= 15 is 0 Å². The summed E-state index contributed by atoms with van der Waals surface area (Å²) in [6.07, 6.45) is 3.29. The molecular weight excluding hydrogens is 604 g/mol. The van der Waals surface area contributed by atoms with Crippen molar-refractivity contribution in [3.05, 3.63) is 44.0 Å². The van der Waals surface area contributed by atoms with Gasteiger partial charge in [-0.25, -0.2) is 14.8 Å². The SMILES string of the molecule is CC(C)(C)C(=O)OCOC(=O)C1=C(C=Cc2scnc2Cl)CS[C@H]2C(NC(=O)C(=NO)c3csc(N)n3)C(=O)N12. The first-order valence-corrected chi connectivity index (χ1v) is 14.6. The fourth-order valence-electron chi connectivity index (χ4n) is 3.53. The van der Waals surface area contributed by atoms with E-state index < -0.39 is 53.1 Å². The second-order valence-corrected chi connectivity index (χ2v) is 12.6. The van der Waals surface area contributed by atoms with E-state index in [9.17, 15) is 24.4 Å². The normalized spacial score (nSPS) is 19.4. The van der Waals surface area contributed by atoms with E-state index in [1.54, 1.807) is 38.4 Å². The third-order valence-electron chi connectivity index (χ3n) is 5.53. The van der Waals surface area contributed by atoms with Crippen LogP contribution >= 0.6 is 46.0 Å². The summed E-state index contributed by atoms with van der Waals surface area (Å²) in [5, 5.41) is 16.1. The molecule has 0 aliphatic carbocycles. The Hall–Kier alpha value is -3.47. The van der Waals surface area contributed by atoms with Gasteiger partial charge in [0, 0.05) is 11.1 Å². The number of nitrogen functional groups attached to an aromatic ring is 1. The highest BCUT2D eigenvalue weighted by Gasteiger charge is 2.54. The first-order chi connectivity index (χ1) is 18.9. The van der Waals surface area contributed by atoms with Crippen LogP contribution in [0.2, 0.25) is 5.15 Å². The highest BCUT2D eigenvalue weighted by Crippen LogP contribution is 2.41. The average molecular weight is 627 g/mol. The van der Waals surface area contributed by atoms with Gasteiger partial charge in [-0.05, 0) is 32.4 Å². The van der Waals surface area contributed by atoms with Crippen molar-refractivity contribution < 1.29 is 33.9 Å². The molecule has 0 saturated carbocycles. The topological polar surface area (TPSA) is 186 Å². The second-order valence-electron chi connectivity index (χ2n) is 9.33. The summed E-state index contributed by atoms with van der Waals surface area (Å²) in [6.45, 7) is 4.31. The molecule has 4 rings (SSSR count). The molecule has 2 aromatic rings. The van der Waals surface area contributed by atoms with Gasteiger partial charge in [-0.1, -0.05) is 22.8 Å². The summed E-state index contributed by atoms with van der Waals surface area (Å²) in [5.41, 5.74) is 6.37. The van der Waals surface area contributed by atoms with Crippen LogP contribution in [0.3, 0.4) is 0 Å². The molecule has 13 nitrogen and oxygen atoms in total. The van der Waals surface area contributed by atoms with Gasteiger partial charge in [-0.3, -0.25) is 19.3 Å². The zero-order valence-electron chi connectivity index (χ0n) is 21.2. The van der Waals surface area contributed by atoms with E-state index in [1.165, 1.54) is 33.4 Å². The number of hydrogen-bond acceptors (Lipinski definition) is 14. The number of nitrogens with zero attached hydrogens (tertiary/aromatic N) is 4. The molecule has 2 aromatic heterocycles. The fraction of sp³-hybridized carbons (Fsp3) is 0.348. The number of β-lactam (4-membered cyclic amide) rings is 1. The van der Waals surface area contributed by atoms with Crippen LogP contribution in [0, 0.1) is 5.41 Å². The van der Waals surface area contributed by atoms with Crippen LogP contribution in [0.4, 0.5) is 5.13 Å². The summed E-state index contributed by atoms with van der Waals surface area (Å²) in [7, 11) is 0. The largest absolute Gasteiger partial charge is 0.427 e. The number of rotatable bonds is 8. The molecule has 0 spiro atoms. The molecule has 212 valence electrons. The molecule has 4 N–H and O–H groups in total. The van der Waals surface area contributed by atoms with Crippen LogP contribution in [-0.2, 0) is 28.7 Å². The summed E-state index contributed by atoms with van der Waals surface area (Å²) >= 11 is 9.71. The number of carbonyl (C=O) groups excluding carboxylic acids is 4. The van der Waals surface area contributed by atoms with E-state index in [4.69, 9.17) is 26.8 Å². The van der Waals surface area contributed by atoms with Gasteiger partial charge in [0.05, 0.1) is 15.8 Å². The number of anilines is 1. The quantitative estimate of drug-likeness (QED) is 0.0975. The summed E-state index contributed by atoms with van der Waals surface area (Å²) < 4.78 is 10.2. The lowest BCUT2D eigenvalue weighted by Gasteiger charge is -2.49. The smallest absolute Gasteiger partial charge is 0.358 e. The third kappa shape index (κ3) is 6.14. The third-order valence-corrected chi connectivity index (χ3v) is 8.72. The highest BCUT2D eigenvalue weighted by molar-refractivity contribution is 8.00.